The Balaban J connectivity index is 2.01. The van der Waals surface area contributed by atoms with Crippen LogP contribution in [-0.4, -0.2) is 11.0 Å². The first-order chi connectivity index (χ1) is 6.75. The molecule has 76 valence electrons. The molecule has 0 saturated heterocycles. The number of aromatic nitrogens is 1. The quantitative estimate of drug-likeness (QED) is 0.875. The summed E-state index contributed by atoms with van der Waals surface area (Å²) in [5.74, 6) is 1.83. The zero-order chi connectivity index (χ0) is 9.97. The summed E-state index contributed by atoms with van der Waals surface area (Å²) in [5.41, 5.74) is 0. The van der Waals surface area contributed by atoms with Crippen LogP contribution in [0.15, 0.2) is 22.8 Å². The summed E-state index contributed by atoms with van der Waals surface area (Å²) in [6.45, 7) is 2.31. The van der Waals surface area contributed by atoms with Crippen LogP contribution in [0.1, 0.15) is 26.2 Å². The van der Waals surface area contributed by atoms with E-state index < -0.39 is 0 Å². The van der Waals surface area contributed by atoms with Crippen LogP contribution in [0.3, 0.4) is 0 Å². The number of nitrogens with one attached hydrogen (secondary N) is 1. The Morgan fingerprint density at radius 2 is 2.36 bits per heavy atom. The van der Waals surface area contributed by atoms with Crippen molar-refractivity contribution >= 4 is 21.7 Å². The molecule has 14 heavy (non-hydrogen) atoms. The topological polar surface area (TPSA) is 24.9 Å². The lowest BCUT2D eigenvalue weighted by atomic mass is 10.1. The first-order valence-corrected chi connectivity index (χ1v) is 5.92. The van der Waals surface area contributed by atoms with Crippen molar-refractivity contribution < 1.29 is 0 Å². The smallest absolute Gasteiger partial charge is 0.140 e. The van der Waals surface area contributed by atoms with Gasteiger partial charge in [-0.05, 0) is 53.2 Å². The van der Waals surface area contributed by atoms with Crippen LogP contribution in [0.4, 0.5) is 5.82 Å². The van der Waals surface area contributed by atoms with Gasteiger partial charge in [-0.1, -0.05) is 6.92 Å². The molecule has 1 N–H and O–H groups in total. The monoisotopic (exact) mass is 254 g/mol. The molecule has 1 aromatic heterocycles. The number of anilines is 1. The Kier molecular flexibility index (Phi) is 3.06. The van der Waals surface area contributed by atoms with Crippen molar-refractivity contribution in [1.29, 1.82) is 0 Å². The van der Waals surface area contributed by atoms with Crippen molar-refractivity contribution in [3.63, 3.8) is 0 Å². The van der Waals surface area contributed by atoms with Crippen molar-refractivity contribution in [1.82, 2.24) is 4.98 Å². The predicted molar refractivity (Wildman–Crippen MR) is 62.4 cm³/mol. The fraction of sp³-hybridized carbons (Fsp3) is 0.545. The van der Waals surface area contributed by atoms with Gasteiger partial charge in [0, 0.05) is 12.2 Å². The Labute approximate surface area is 93.3 Å². The van der Waals surface area contributed by atoms with E-state index in [1.165, 1.54) is 19.3 Å². The maximum atomic E-state index is 4.31. The van der Waals surface area contributed by atoms with Crippen molar-refractivity contribution in [2.45, 2.75) is 32.2 Å². The van der Waals surface area contributed by atoms with Crippen molar-refractivity contribution in [3.05, 3.63) is 22.8 Å². The van der Waals surface area contributed by atoms with E-state index in [4.69, 9.17) is 0 Å². The van der Waals surface area contributed by atoms with Crippen LogP contribution in [0.25, 0.3) is 0 Å². The van der Waals surface area contributed by atoms with E-state index in [1.54, 1.807) is 0 Å². The third-order valence-electron chi connectivity index (χ3n) is 2.79. The molecule has 0 bridgehead atoms. The summed E-state index contributed by atoms with van der Waals surface area (Å²) in [6, 6.07) is 4.57. The van der Waals surface area contributed by atoms with Gasteiger partial charge in [-0.15, -0.1) is 0 Å². The highest BCUT2D eigenvalue weighted by Crippen LogP contribution is 2.28. The van der Waals surface area contributed by atoms with Gasteiger partial charge in [0.15, 0.2) is 0 Å². The SMILES string of the molecule is CC1CCC(Nc2ncccc2Br)C1. The van der Waals surface area contributed by atoms with Crippen LogP contribution >= 0.6 is 15.9 Å². The summed E-state index contributed by atoms with van der Waals surface area (Å²) < 4.78 is 1.06. The number of hydrogen-bond donors (Lipinski definition) is 1. The fourth-order valence-electron chi connectivity index (χ4n) is 2.02. The van der Waals surface area contributed by atoms with Gasteiger partial charge in [0.25, 0.3) is 0 Å². The fourth-order valence-corrected chi connectivity index (χ4v) is 2.39. The molecular formula is C11H15BrN2. The van der Waals surface area contributed by atoms with Gasteiger partial charge in [0.05, 0.1) is 4.47 Å². The Morgan fingerprint density at radius 1 is 1.50 bits per heavy atom. The molecule has 2 unspecified atom stereocenters. The zero-order valence-electron chi connectivity index (χ0n) is 8.33. The molecule has 1 heterocycles. The highest BCUT2D eigenvalue weighted by atomic mass is 79.9. The zero-order valence-corrected chi connectivity index (χ0v) is 9.92. The van der Waals surface area contributed by atoms with E-state index >= 15 is 0 Å². The molecule has 1 fully saturated rings. The predicted octanol–water partition coefficient (Wildman–Crippen LogP) is 3.44. The van der Waals surface area contributed by atoms with Gasteiger partial charge in [-0.2, -0.15) is 0 Å². The minimum atomic E-state index is 0.608. The summed E-state index contributed by atoms with van der Waals surface area (Å²) >= 11 is 3.49. The molecule has 2 rings (SSSR count). The van der Waals surface area contributed by atoms with E-state index in [2.05, 4.69) is 33.2 Å². The molecule has 2 nitrogen and oxygen atoms in total. The van der Waals surface area contributed by atoms with Crippen LogP contribution in [0, 0.1) is 5.92 Å². The molecular weight excluding hydrogens is 240 g/mol. The highest BCUT2D eigenvalue weighted by Gasteiger charge is 2.21. The Bertz CT molecular complexity index is 314. The van der Waals surface area contributed by atoms with E-state index in [1.807, 2.05) is 18.3 Å². The van der Waals surface area contributed by atoms with Crippen molar-refractivity contribution in [3.8, 4) is 0 Å². The normalized spacial score (nSPS) is 26.4. The lowest BCUT2D eigenvalue weighted by molar-refractivity contribution is 0.602. The van der Waals surface area contributed by atoms with Gasteiger partial charge in [-0.25, -0.2) is 4.98 Å². The summed E-state index contributed by atoms with van der Waals surface area (Å²) in [7, 11) is 0. The number of rotatable bonds is 2. The third-order valence-corrected chi connectivity index (χ3v) is 3.43. The van der Waals surface area contributed by atoms with Crippen molar-refractivity contribution in [2.75, 3.05) is 5.32 Å². The lowest BCUT2D eigenvalue weighted by Crippen LogP contribution is -2.16. The van der Waals surface area contributed by atoms with Crippen LogP contribution in [-0.2, 0) is 0 Å². The Morgan fingerprint density at radius 3 is 3.00 bits per heavy atom. The van der Waals surface area contributed by atoms with Gasteiger partial charge in [-0.3, -0.25) is 0 Å². The summed E-state index contributed by atoms with van der Waals surface area (Å²) in [4.78, 5) is 4.31. The first kappa shape index (κ1) is 9.97. The minimum Gasteiger partial charge on any atom is -0.366 e. The molecule has 1 aliphatic carbocycles. The van der Waals surface area contributed by atoms with E-state index in [-0.39, 0.29) is 0 Å². The van der Waals surface area contributed by atoms with E-state index in [9.17, 15) is 0 Å². The second kappa shape index (κ2) is 4.30. The maximum absolute atomic E-state index is 4.31. The molecule has 2 atom stereocenters. The summed E-state index contributed by atoms with van der Waals surface area (Å²) in [6.07, 6.45) is 5.70. The standard InChI is InChI=1S/C11H15BrN2/c1-8-4-5-9(7-8)14-11-10(12)3-2-6-13-11/h2-3,6,8-9H,4-5,7H2,1H3,(H,13,14). The minimum absolute atomic E-state index is 0.608. The number of halogens is 1. The lowest BCUT2D eigenvalue weighted by Gasteiger charge is -2.13. The molecule has 1 aliphatic rings. The molecule has 1 saturated carbocycles. The van der Waals surface area contributed by atoms with Gasteiger partial charge < -0.3 is 5.32 Å². The Hall–Kier alpha value is -0.570. The van der Waals surface area contributed by atoms with Crippen molar-refractivity contribution in [2.24, 2.45) is 5.92 Å². The van der Waals surface area contributed by atoms with Crippen LogP contribution in [0.2, 0.25) is 0 Å². The average Bonchev–Trinajstić information content (AvgIpc) is 2.56. The second-order valence-corrected chi connectivity index (χ2v) is 4.95. The first-order valence-electron chi connectivity index (χ1n) is 5.13. The third kappa shape index (κ3) is 2.27. The molecule has 0 aromatic carbocycles. The molecule has 0 spiro atoms. The number of pyridine rings is 1. The number of hydrogen-bond acceptors (Lipinski definition) is 2. The highest BCUT2D eigenvalue weighted by molar-refractivity contribution is 9.10. The molecule has 3 heteroatoms. The molecule has 0 amide bonds. The number of nitrogens with zero attached hydrogens (tertiary/aromatic N) is 1. The maximum Gasteiger partial charge on any atom is 0.140 e. The van der Waals surface area contributed by atoms with Crippen LogP contribution < -0.4 is 5.32 Å². The molecule has 0 radical (unpaired) electrons. The average molecular weight is 255 g/mol. The molecule has 0 aliphatic heterocycles. The van der Waals surface area contributed by atoms with E-state index in [0.29, 0.717) is 6.04 Å². The van der Waals surface area contributed by atoms with Gasteiger partial charge >= 0.3 is 0 Å². The van der Waals surface area contributed by atoms with Gasteiger partial charge in [0.2, 0.25) is 0 Å². The van der Waals surface area contributed by atoms with Gasteiger partial charge in [0.1, 0.15) is 5.82 Å². The summed E-state index contributed by atoms with van der Waals surface area (Å²) in [5, 5.41) is 3.48. The van der Waals surface area contributed by atoms with E-state index in [0.717, 1.165) is 16.2 Å². The second-order valence-electron chi connectivity index (χ2n) is 4.09. The van der Waals surface area contributed by atoms with Crippen LogP contribution in [0.5, 0.6) is 0 Å². The molecule has 1 aromatic rings. The largest absolute Gasteiger partial charge is 0.366 e.